The van der Waals surface area contributed by atoms with E-state index in [1.165, 1.54) is 42.3 Å². The van der Waals surface area contributed by atoms with E-state index in [2.05, 4.69) is 48.9 Å². The van der Waals surface area contributed by atoms with Crippen LogP contribution >= 0.6 is 31.9 Å². The van der Waals surface area contributed by atoms with E-state index in [1.54, 1.807) is 7.11 Å². The molecule has 2 rings (SSSR count). The normalized spacial score (nSPS) is 19.8. The maximum absolute atomic E-state index is 5.32. The van der Waals surface area contributed by atoms with Crippen LogP contribution < -0.4 is 4.74 Å². The van der Waals surface area contributed by atoms with E-state index >= 15 is 0 Å². The molecule has 4 heteroatoms. The SMILES string of the molecule is COc1ccc(Br)c(CN2CCCC2CCCBr)c1. The van der Waals surface area contributed by atoms with E-state index in [-0.39, 0.29) is 0 Å². The van der Waals surface area contributed by atoms with Crippen LogP contribution in [0.4, 0.5) is 0 Å². The van der Waals surface area contributed by atoms with Crippen LogP contribution in [0.3, 0.4) is 0 Å². The summed E-state index contributed by atoms with van der Waals surface area (Å²) in [5.41, 5.74) is 1.32. The van der Waals surface area contributed by atoms with Crippen molar-refractivity contribution in [1.29, 1.82) is 0 Å². The molecule has 0 N–H and O–H groups in total. The Labute approximate surface area is 132 Å². The Hall–Kier alpha value is -0.0600. The second-order valence-electron chi connectivity index (χ2n) is 5.06. The topological polar surface area (TPSA) is 12.5 Å². The molecule has 1 saturated heterocycles. The molecule has 1 aliphatic heterocycles. The van der Waals surface area contributed by atoms with E-state index in [4.69, 9.17) is 4.74 Å². The standard InChI is InChI=1S/C15H21Br2NO/c1-19-14-6-7-15(17)12(10-14)11-18-9-3-5-13(18)4-2-8-16/h6-7,10,13H,2-5,8-9,11H2,1H3. The quantitative estimate of drug-likeness (QED) is 0.658. The van der Waals surface area contributed by atoms with Crippen molar-refractivity contribution in [2.75, 3.05) is 19.0 Å². The lowest BCUT2D eigenvalue weighted by Crippen LogP contribution is -2.29. The number of halogens is 2. The fraction of sp³-hybridized carbons (Fsp3) is 0.600. The molecule has 2 nitrogen and oxygen atoms in total. The first-order valence-corrected chi connectivity index (χ1v) is 8.78. The predicted molar refractivity (Wildman–Crippen MR) is 87.2 cm³/mol. The largest absolute Gasteiger partial charge is 0.497 e. The lowest BCUT2D eigenvalue weighted by atomic mass is 10.1. The first kappa shape index (κ1) is 15.3. The van der Waals surface area contributed by atoms with Crippen LogP contribution in [0.2, 0.25) is 0 Å². The number of hydrogen-bond donors (Lipinski definition) is 0. The van der Waals surface area contributed by atoms with E-state index in [1.807, 2.05) is 6.07 Å². The zero-order valence-electron chi connectivity index (χ0n) is 11.4. The third kappa shape index (κ3) is 4.20. The summed E-state index contributed by atoms with van der Waals surface area (Å²) in [6, 6.07) is 6.97. The minimum absolute atomic E-state index is 0.746. The molecular formula is C15H21Br2NO. The summed E-state index contributed by atoms with van der Waals surface area (Å²) >= 11 is 7.18. The monoisotopic (exact) mass is 389 g/mol. The number of methoxy groups -OCH3 is 1. The average molecular weight is 391 g/mol. The van der Waals surface area contributed by atoms with Crippen molar-refractivity contribution < 1.29 is 4.74 Å². The van der Waals surface area contributed by atoms with Crippen molar-refractivity contribution >= 4 is 31.9 Å². The molecule has 0 bridgehead atoms. The summed E-state index contributed by atoms with van der Waals surface area (Å²) in [6.07, 6.45) is 5.23. The van der Waals surface area contributed by atoms with Crippen molar-refractivity contribution in [3.63, 3.8) is 0 Å². The molecule has 0 amide bonds. The lowest BCUT2D eigenvalue weighted by molar-refractivity contribution is 0.233. The smallest absolute Gasteiger partial charge is 0.119 e. The van der Waals surface area contributed by atoms with Crippen LogP contribution in [0.1, 0.15) is 31.2 Å². The lowest BCUT2D eigenvalue weighted by Gasteiger charge is -2.25. The molecule has 0 aliphatic carbocycles. The number of rotatable bonds is 6. The van der Waals surface area contributed by atoms with Crippen molar-refractivity contribution in [3.8, 4) is 5.75 Å². The Morgan fingerprint density at radius 2 is 2.26 bits per heavy atom. The van der Waals surface area contributed by atoms with E-state index in [9.17, 15) is 0 Å². The molecule has 0 radical (unpaired) electrons. The number of benzene rings is 1. The van der Waals surface area contributed by atoms with Gasteiger partial charge in [-0.3, -0.25) is 4.90 Å². The molecule has 1 unspecified atom stereocenters. The van der Waals surface area contributed by atoms with Crippen LogP contribution in [0.25, 0.3) is 0 Å². The van der Waals surface area contributed by atoms with Gasteiger partial charge >= 0.3 is 0 Å². The van der Waals surface area contributed by atoms with Crippen molar-refractivity contribution in [1.82, 2.24) is 4.90 Å². The minimum Gasteiger partial charge on any atom is -0.497 e. The van der Waals surface area contributed by atoms with Gasteiger partial charge in [0.25, 0.3) is 0 Å². The van der Waals surface area contributed by atoms with E-state index in [0.717, 1.165) is 23.7 Å². The molecule has 1 aromatic rings. The molecule has 0 saturated carbocycles. The Balaban J connectivity index is 2.03. The van der Waals surface area contributed by atoms with Crippen LogP contribution in [0, 0.1) is 0 Å². The van der Waals surface area contributed by atoms with Gasteiger partial charge in [-0.25, -0.2) is 0 Å². The van der Waals surface area contributed by atoms with E-state index < -0.39 is 0 Å². The molecule has 1 heterocycles. The third-order valence-corrected chi connectivity index (χ3v) is 5.13. The molecule has 1 aromatic carbocycles. The highest BCUT2D eigenvalue weighted by atomic mass is 79.9. The van der Waals surface area contributed by atoms with Gasteiger partial charge in [0.1, 0.15) is 5.75 Å². The van der Waals surface area contributed by atoms with Crippen molar-refractivity contribution in [2.45, 2.75) is 38.3 Å². The van der Waals surface area contributed by atoms with Gasteiger partial charge in [-0.15, -0.1) is 0 Å². The molecule has 1 aliphatic rings. The summed E-state index contributed by atoms with van der Waals surface area (Å²) in [5.74, 6) is 0.939. The maximum Gasteiger partial charge on any atom is 0.119 e. The van der Waals surface area contributed by atoms with Gasteiger partial charge in [-0.05, 0) is 56.0 Å². The van der Waals surface area contributed by atoms with Crippen LogP contribution in [-0.2, 0) is 6.54 Å². The van der Waals surface area contributed by atoms with E-state index in [0.29, 0.717) is 0 Å². The first-order chi connectivity index (χ1) is 9.24. The molecular weight excluding hydrogens is 370 g/mol. The summed E-state index contributed by atoms with van der Waals surface area (Å²) in [7, 11) is 1.72. The number of hydrogen-bond acceptors (Lipinski definition) is 2. The van der Waals surface area contributed by atoms with Crippen molar-refractivity contribution in [3.05, 3.63) is 28.2 Å². The van der Waals surface area contributed by atoms with Crippen LogP contribution in [-0.4, -0.2) is 29.9 Å². The Bertz CT molecular complexity index is 411. The summed E-state index contributed by atoms with van der Waals surface area (Å²) in [6.45, 7) is 2.24. The first-order valence-electron chi connectivity index (χ1n) is 6.87. The predicted octanol–water partition coefficient (Wildman–Crippen LogP) is 4.60. The molecule has 0 aromatic heterocycles. The average Bonchev–Trinajstić information content (AvgIpc) is 2.86. The molecule has 1 atom stereocenters. The second-order valence-corrected chi connectivity index (χ2v) is 6.70. The summed E-state index contributed by atoms with van der Waals surface area (Å²) in [4.78, 5) is 2.61. The zero-order valence-corrected chi connectivity index (χ0v) is 14.5. The van der Waals surface area contributed by atoms with Crippen LogP contribution in [0.5, 0.6) is 5.75 Å². The van der Waals surface area contributed by atoms with Gasteiger partial charge < -0.3 is 4.74 Å². The molecule has 19 heavy (non-hydrogen) atoms. The Morgan fingerprint density at radius 3 is 3.00 bits per heavy atom. The molecule has 0 spiro atoms. The summed E-state index contributed by atoms with van der Waals surface area (Å²) in [5, 5.41) is 1.11. The number of nitrogens with zero attached hydrogens (tertiary/aromatic N) is 1. The second kappa shape index (κ2) is 7.65. The van der Waals surface area contributed by atoms with Gasteiger partial charge in [0.2, 0.25) is 0 Å². The molecule has 1 fully saturated rings. The highest BCUT2D eigenvalue weighted by Gasteiger charge is 2.24. The van der Waals surface area contributed by atoms with Gasteiger partial charge in [-0.2, -0.15) is 0 Å². The number of ether oxygens (including phenoxy) is 1. The van der Waals surface area contributed by atoms with Gasteiger partial charge in [-0.1, -0.05) is 31.9 Å². The van der Waals surface area contributed by atoms with Gasteiger partial charge in [0, 0.05) is 22.4 Å². The van der Waals surface area contributed by atoms with Gasteiger partial charge in [0.05, 0.1) is 7.11 Å². The third-order valence-electron chi connectivity index (χ3n) is 3.80. The zero-order chi connectivity index (χ0) is 13.7. The molecule has 106 valence electrons. The van der Waals surface area contributed by atoms with Crippen molar-refractivity contribution in [2.24, 2.45) is 0 Å². The highest BCUT2D eigenvalue weighted by Crippen LogP contribution is 2.28. The Morgan fingerprint density at radius 1 is 1.42 bits per heavy atom. The highest BCUT2D eigenvalue weighted by molar-refractivity contribution is 9.10. The fourth-order valence-electron chi connectivity index (χ4n) is 2.76. The maximum atomic E-state index is 5.32. The van der Waals surface area contributed by atoms with Crippen LogP contribution in [0.15, 0.2) is 22.7 Å². The number of likely N-dealkylation sites (tertiary alicyclic amines) is 1. The number of alkyl halides is 1. The van der Waals surface area contributed by atoms with Gasteiger partial charge in [0.15, 0.2) is 0 Å². The minimum atomic E-state index is 0.746. The fourth-order valence-corrected chi connectivity index (χ4v) is 3.46. The summed E-state index contributed by atoms with van der Waals surface area (Å²) < 4.78 is 6.50. The Kier molecular flexibility index (Phi) is 6.17.